The second-order valence-electron chi connectivity index (χ2n) is 7.21. The van der Waals surface area contributed by atoms with Crippen molar-refractivity contribution in [2.24, 2.45) is 0 Å². The van der Waals surface area contributed by atoms with Gasteiger partial charge in [0.05, 0.1) is 0 Å². The van der Waals surface area contributed by atoms with Crippen LogP contribution in [0, 0.1) is 0 Å². The Bertz CT molecular complexity index is 197. The molecule has 0 bridgehead atoms. The molecule has 0 aromatic heterocycles. The molecule has 0 aromatic carbocycles. The van der Waals surface area contributed by atoms with E-state index in [0.29, 0.717) is 5.04 Å². The summed E-state index contributed by atoms with van der Waals surface area (Å²) in [4.78, 5) is 0. The molecule has 17 heavy (non-hydrogen) atoms. The second kappa shape index (κ2) is 8.05. The molecule has 0 spiro atoms. The summed E-state index contributed by atoms with van der Waals surface area (Å²) < 4.78 is 7.02. The van der Waals surface area contributed by atoms with Crippen molar-refractivity contribution < 1.29 is 4.43 Å². The Hall–Kier alpha value is 0.774. The first-order valence-corrected chi connectivity index (χ1v) is 10.2. The van der Waals surface area contributed by atoms with Gasteiger partial charge in [-0.25, -0.2) is 0 Å². The number of rotatable bonds is 8. The van der Waals surface area contributed by atoms with Crippen LogP contribution in [0.1, 0.15) is 59.8 Å². The van der Waals surface area contributed by atoms with E-state index in [2.05, 4.69) is 58.5 Å². The molecular weight excluding hydrogens is 219 g/mol. The summed E-state index contributed by atoms with van der Waals surface area (Å²) in [5.74, 6) is 0. The fourth-order valence-electron chi connectivity index (χ4n) is 1.55. The molecule has 0 aromatic rings. The third-order valence-corrected chi connectivity index (χ3v) is 8.48. The molecule has 98 valence electrons. The standard InChI is InChI=1S/C14H31OSi.Li/c1-7-8-9-10-11-12-13-15-16(5,6)14(2,3)4;/h7H,8-13H2,1-6H3;. The SMILES string of the molecule is [Li][CH](C)CCCCCCO[Si](C)(C)C(C)(C)C. The van der Waals surface area contributed by atoms with Crippen molar-refractivity contribution in [1.82, 2.24) is 0 Å². The van der Waals surface area contributed by atoms with Crippen molar-refractivity contribution in [3.63, 3.8) is 0 Å². The molecule has 0 saturated heterocycles. The van der Waals surface area contributed by atoms with Gasteiger partial charge in [-0.05, 0) is 0 Å². The fraction of sp³-hybridized carbons (Fsp3) is 1.00. The normalized spacial score (nSPS) is 15.1. The van der Waals surface area contributed by atoms with E-state index in [0.717, 1.165) is 11.2 Å². The number of hydrogen-bond acceptors (Lipinski definition) is 1. The molecule has 0 rings (SSSR count). The van der Waals surface area contributed by atoms with E-state index >= 15 is 0 Å². The predicted molar refractivity (Wildman–Crippen MR) is 81.4 cm³/mol. The first-order chi connectivity index (χ1) is 7.67. The number of hydrogen-bond donors (Lipinski definition) is 0. The molecule has 0 radical (unpaired) electrons. The molecule has 0 amide bonds. The summed E-state index contributed by atoms with van der Waals surface area (Å²) in [6, 6.07) is 0. The molecule has 0 heterocycles. The molecule has 0 fully saturated rings. The van der Waals surface area contributed by atoms with E-state index in [-0.39, 0.29) is 0 Å². The van der Waals surface area contributed by atoms with Gasteiger partial charge in [-0.3, -0.25) is 0 Å². The van der Waals surface area contributed by atoms with Gasteiger partial charge in [-0.15, -0.1) is 0 Å². The van der Waals surface area contributed by atoms with Crippen LogP contribution < -0.4 is 0 Å². The monoisotopic (exact) mass is 250 g/mol. The van der Waals surface area contributed by atoms with Crippen molar-refractivity contribution in [1.29, 1.82) is 0 Å². The summed E-state index contributed by atoms with van der Waals surface area (Å²) in [6.07, 6.45) is 6.71. The Kier molecular flexibility index (Phi) is 8.41. The average molecular weight is 250 g/mol. The molecule has 1 unspecified atom stereocenters. The van der Waals surface area contributed by atoms with Gasteiger partial charge in [0.15, 0.2) is 0 Å². The fourth-order valence-corrected chi connectivity index (χ4v) is 2.64. The second-order valence-corrected chi connectivity index (χ2v) is 12.0. The summed E-state index contributed by atoms with van der Waals surface area (Å²) >= 11 is 2.31. The first-order valence-electron chi connectivity index (χ1n) is 7.31. The molecule has 0 aliphatic rings. The van der Waals surface area contributed by atoms with Gasteiger partial charge < -0.3 is 0 Å². The van der Waals surface area contributed by atoms with Crippen LogP contribution in [0.4, 0.5) is 0 Å². The van der Waals surface area contributed by atoms with E-state index in [1.807, 2.05) is 0 Å². The van der Waals surface area contributed by atoms with Gasteiger partial charge in [0.2, 0.25) is 0 Å². The Morgan fingerprint density at radius 1 is 1.06 bits per heavy atom. The Morgan fingerprint density at radius 2 is 1.59 bits per heavy atom. The number of unbranched alkanes of at least 4 members (excludes halogenated alkanes) is 3. The summed E-state index contributed by atoms with van der Waals surface area (Å²) in [5.41, 5.74) is 0. The van der Waals surface area contributed by atoms with Crippen LogP contribution in [0.2, 0.25) is 22.7 Å². The average Bonchev–Trinajstić information content (AvgIpc) is 2.13. The van der Waals surface area contributed by atoms with Gasteiger partial charge in [-0.2, -0.15) is 0 Å². The third kappa shape index (κ3) is 8.48. The van der Waals surface area contributed by atoms with Crippen LogP contribution in [0.15, 0.2) is 0 Å². The van der Waals surface area contributed by atoms with E-state index < -0.39 is 8.32 Å². The van der Waals surface area contributed by atoms with Crippen LogP contribution in [-0.2, 0) is 4.43 Å². The van der Waals surface area contributed by atoms with Crippen molar-refractivity contribution in [3.05, 3.63) is 0 Å². The van der Waals surface area contributed by atoms with Crippen LogP contribution in [0.25, 0.3) is 0 Å². The van der Waals surface area contributed by atoms with Crippen molar-refractivity contribution in [2.75, 3.05) is 6.61 Å². The van der Waals surface area contributed by atoms with Crippen LogP contribution in [0.3, 0.4) is 0 Å². The van der Waals surface area contributed by atoms with Crippen LogP contribution in [0.5, 0.6) is 0 Å². The molecule has 0 aliphatic carbocycles. The summed E-state index contributed by atoms with van der Waals surface area (Å²) in [7, 11) is -1.49. The van der Waals surface area contributed by atoms with Crippen LogP contribution in [-0.4, -0.2) is 32.6 Å². The Balaban J connectivity index is 3.52. The van der Waals surface area contributed by atoms with E-state index in [1.54, 1.807) is 0 Å². The predicted octanol–water partition coefficient (Wildman–Crippen LogP) is 4.94. The molecule has 3 heteroatoms. The van der Waals surface area contributed by atoms with Gasteiger partial charge in [0.1, 0.15) is 0 Å². The Morgan fingerprint density at radius 3 is 2.06 bits per heavy atom. The zero-order valence-electron chi connectivity index (χ0n) is 13.2. The van der Waals surface area contributed by atoms with Crippen molar-refractivity contribution in [3.8, 4) is 0 Å². The van der Waals surface area contributed by atoms with Gasteiger partial charge >= 0.3 is 120 Å². The molecule has 0 N–H and O–H groups in total. The van der Waals surface area contributed by atoms with Gasteiger partial charge in [-0.1, -0.05) is 0 Å². The molecule has 1 nitrogen and oxygen atoms in total. The van der Waals surface area contributed by atoms with Gasteiger partial charge in [0, 0.05) is 0 Å². The Labute approximate surface area is 119 Å². The maximum absolute atomic E-state index is 6.16. The zero-order chi connectivity index (χ0) is 13.5. The van der Waals surface area contributed by atoms with E-state index in [9.17, 15) is 0 Å². The molecule has 1 atom stereocenters. The van der Waals surface area contributed by atoms with Crippen molar-refractivity contribution in [2.45, 2.75) is 82.5 Å². The minimum atomic E-state index is -1.49. The summed E-state index contributed by atoms with van der Waals surface area (Å²) in [6.45, 7) is 14.9. The molecular formula is C14H31LiOSi. The minimum absolute atomic E-state index is 0.352. The third-order valence-electron chi connectivity index (χ3n) is 3.94. The summed E-state index contributed by atoms with van der Waals surface area (Å²) in [5, 5.41) is 0.352. The van der Waals surface area contributed by atoms with E-state index in [4.69, 9.17) is 4.43 Å². The maximum atomic E-state index is 6.16. The quantitative estimate of drug-likeness (QED) is 0.438. The first kappa shape index (κ1) is 17.8. The van der Waals surface area contributed by atoms with E-state index in [1.165, 1.54) is 32.1 Å². The molecule has 0 aliphatic heterocycles. The van der Waals surface area contributed by atoms with Crippen LogP contribution >= 0.6 is 0 Å². The van der Waals surface area contributed by atoms with Gasteiger partial charge in [0.25, 0.3) is 0 Å². The molecule has 0 saturated carbocycles. The zero-order valence-corrected chi connectivity index (χ0v) is 14.2. The topological polar surface area (TPSA) is 9.23 Å². The van der Waals surface area contributed by atoms with Crippen molar-refractivity contribution >= 4 is 26.0 Å².